The normalized spacial score (nSPS) is 9.83. The minimum atomic E-state index is 0.585. The summed E-state index contributed by atoms with van der Waals surface area (Å²) in [6.45, 7) is 3.17. The zero-order valence-electron chi connectivity index (χ0n) is 7.31. The number of halogens is 1. The first-order valence-electron chi connectivity index (χ1n) is 4.25. The summed E-state index contributed by atoms with van der Waals surface area (Å²) in [5.41, 5.74) is 2.33. The van der Waals surface area contributed by atoms with Crippen molar-refractivity contribution in [2.75, 3.05) is 11.9 Å². The molecule has 0 saturated carbocycles. The minimum absolute atomic E-state index is 0.585. The van der Waals surface area contributed by atoms with Crippen LogP contribution in [0.3, 0.4) is 0 Å². The third-order valence-electron chi connectivity index (χ3n) is 1.66. The molecular weight excluding hydrogens is 170 g/mol. The van der Waals surface area contributed by atoms with Gasteiger partial charge in [0.05, 0.1) is 0 Å². The average molecular weight is 184 g/mol. The van der Waals surface area contributed by atoms with Gasteiger partial charge in [-0.15, -0.1) is 11.6 Å². The van der Waals surface area contributed by atoms with E-state index in [-0.39, 0.29) is 0 Å². The van der Waals surface area contributed by atoms with E-state index in [1.807, 2.05) is 12.1 Å². The fourth-order valence-corrected chi connectivity index (χ4v) is 1.20. The Hall–Kier alpha value is -0.690. The maximum Gasteiger partial charge on any atom is 0.0474 e. The first-order valence-corrected chi connectivity index (χ1v) is 4.79. The fraction of sp³-hybridized carbons (Fsp3) is 0.400. The third kappa shape index (κ3) is 2.74. The Balaban J connectivity index is 2.60. The highest BCUT2D eigenvalue weighted by molar-refractivity contribution is 6.17. The van der Waals surface area contributed by atoms with Gasteiger partial charge in [-0.2, -0.15) is 0 Å². The lowest BCUT2D eigenvalue weighted by molar-refractivity contribution is 0.979. The van der Waals surface area contributed by atoms with Gasteiger partial charge in [-0.3, -0.25) is 0 Å². The molecule has 0 atom stereocenters. The van der Waals surface area contributed by atoms with Crippen molar-refractivity contribution < 1.29 is 0 Å². The number of anilines is 1. The monoisotopic (exact) mass is 183 g/mol. The Morgan fingerprint density at radius 2 is 2.25 bits per heavy atom. The molecule has 0 radical (unpaired) electrons. The Labute approximate surface area is 78.7 Å². The Bertz CT molecular complexity index is 235. The zero-order chi connectivity index (χ0) is 8.81. The molecule has 0 aromatic heterocycles. The Kier molecular flexibility index (Phi) is 3.95. The largest absolute Gasteiger partial charge is 0.385 e. The number of rotatable bonds is 4. The molecule has 0 aliphatic heterocycles. The van der Waals surface area contributed by atoms with E-state index < -0.39 is 0 Å². The van der Waals surface area contributed by atoms with Gasteiger partial charge in [0, 0.05) is 18.1 Å². The third-order valence-corrected chi connectivity index (χ3v) is 1.97. The SMILES string of the molecule is CCCNc1cccc(CCl)c1. The minimum Gasteiger partial charge on any atom is -0.385 e. The van der Waals surface area contributed by atoms with Gasteiger partial charge in [0.1, 0.15) is 0 Å². The first kappa shape index (κ1) is 9.40. The lowest BCUT2D eigenvalue weighted by Gasteiger charge is -2.05. The standard InChI is InChI=1S/C10H14ClN/c1-2-6-12-10-5-3-4-9(7-10)8-11/h3-5,7,12H,2,6,8H2,1H3. The van der Waals surface area contributed by atoms with Crippen LogP contribution >= 0.6 is 11.6 Å². The van der Waals surface area contributed by atoms with Crippen LogP contribution in [0.5, 0.6) is 0 Å². The molecule has 1 aromatic carbocycles. The maximum atomic E-state index is 5.71. The fourth-order valence-electron chi connectivity index (χ4n) is 1.03. The highest BCUT2D eigenvalue weighted by atomic mass is 35.5. The first-order chi connectivity index (χ1) is 5.86. The zero-order valence-corrected chi connectivity index (χ0v) is 8.06. The molecule has 1 nitrogen and oxygen atoms in total. The van der Waals surface area contributed by atoms with Crippen LogP contribution in [0, 0.1) is 0 Å². The lowest BCUT2D eigenvalue weighted by Crippen LogP contribution is -1.99. The summed E-state index contributed by atoms with van der Waals surface area (Å²) in [5.74, 6) is 0.585. The molecule has 0 heterocycles. The number of benzene rings is 1. The Morgan fingerprint density at radius 3 is 2.92 bits per heavy atom. The molecule has 0 aliphatic rings. The lowest BCUT2D eigenvalue weighted by atomic mass is 10.2. The summed E-state index contributed by atoms with van der Waals surface area (Å²) < 4.78 is 0. The van der Waals surface area contributed by atoms with Crippen LogP contribution in [0.15, 0.2) is 24.3 Å². The second kappa shape index (κ2) is 5.04. The summed E-state index contributed by atoms with van der Waals surface area (Å²) in [7, 11) is 0. The van der Waals surface area contributed by atoms with Crippen molar-refractivity contribution in [1.29, 1.82) is 0 Å². The molecule has 0 spiro atoms. The molecule has 0 bridgehead atoms. The van der Waals surface area contributed by atoms with Crippen LogP contribution in [-0.4, -0.2) is 6.54 Å². The van der Waals surface area contributed by atoms with E-state index in [1.165, 1.54) is 0 Å². The van der Waals surface area contributed by atoms with Crippen LogP contribution in [0.1, 0.15) is 18.9 Å². The van der Waals surface area contributed by atoms with E-state index in [0.717, 1.165) is 24.2 Å². The van der Waals surface area contributed by atoms with E-state index in [4.69, 9.17) is 11.6 Å². The second-order valence-corrected chi connectivity index (χ2v) is 3.03. The molecule has 66 valence electrons. The molecule has 1 N–H and O–H groups in total. The van der Waals surface area contributed by atoms with Crippen molar-refractivity contribution >= 4 is 17.3 Å². The molecule has 0 unspecified atom stereocenters. The van der Waals surface area contributed by atoms with E-state index in [9.17, 15) is 0 Å². The van der Waals surface area contributed by atoms with E-state index in [1.54, 1.807) is 0 Å². The van der Waals surface area contributed by atoms with Gasteiger partial charge in [0.2, 0.25) is 0 Å². The number of hydrogen-bond donors (Lipinski definition) is 1. The van der Waals surface area contributed by atoms with Gasteiger partial charge < -0.3 is 5.32 Å². The van der Waals surface area contributed by atoms with Crippen molar-refractivity contribution in [2.24, 2.45) is 0 Å². The summed E-state index contributed by atoms with van der Waals surface area (Å²) in [6, 6.07) is 8.20. The van der Waals surface area contributed by atoms with Crippen molar-refractivity contribution in [3.63, 3.8) is 0 Å². The molecule has 0 saturated heterocycles. The van der Waals surface area contributed by atoms with Crippen molar-refractivity contribution in [3.05, 3.63) is 29.8 Å². The van der Waals surface area contributed by atoms with E-state index >= 15 is 0 Å². The van der Waals surface area contributed by atoms with Gasteiger partial charge in [0.15, 0.2) is 0 Å². The molecule has 2 heteroatoms. The Morgan fingerprint density at radius 1 is 1.42 bits per heavy atom. The quantitative estimate of drug-likeness (QED) is 0.707. The highest BCUT2D eigenvalue weighted by Crippen LogP contribution is 2.11. The maximum absolute atomic E-state index is 5.71. The van der Waals surface area contributed by atoms with Crippen LogP contribution in [0.4, 0.5) is 5.69 Å². The molecule has 1 aromatic rings. The van der Waals surface area contributed by atoms with Crippen LogP contribution in [-0.2, 0) is 5.88 Å². The summed E-state index contributed by atoms with van der Waals surface area (Å²) in [5, 5.41) is 3.31. The molecule has 12 heavy (non-hydrogen) atoms. The molecule has 0 fully saturated rings. The number of nitrogens with one attached hydrogen (secondary N) is 1. The predicted molar refractivity (Wildman–Crippen MR) is 54.8 cm³/mol. The van der Waals surface area contributed by atoms with Gasteiger partial charge in [-0.25, -0.2) is 0 Å². The average Bonchev–Trinajstić information content (AvgIpc) is 2.15. The van der Waals surface area contributed by atoms with Gasteiger partial charge in [0.25, 0.3) is 0 Å². The van der Waals surface area contributed by atoms with Crippen LogP contribution in [0.25, 0.3) is 0 Å². The van der Waals surface area contributed by atoms with Crippen molar-refractivity contribution in [3.8, 4) is 0 Å². The smallest absolute Gasteiger partial charge is 0.0474 e. The number of hydrogen-bond acceptors (Lipinski definition) is 1. The topological polar surface area (TPSA) is 12.0 Å². The summed E-state index contributed by atoms with van der Waals surface area (Å²) in [6.07, 6.45) is 1.14. The molecular formula is C10H14ClN. The molecule has 1 rings (SSSR count). The highest BCUT2D eigenvalue weighted by Gasteiger charge is 1.92. The second-order valence-electron chi connectivity index (χ2n) is 2.76. The van der Waals surface area contributed by atoms with E-state index in [0.29, 0.717) is 5.88 Å². The van der Waals surface area contributed by atoms with Crippen LogP contribution in [0.2, 0.25) is 0 Å². The van der Waals surface area contributed by atoms with Gasteiger partial charge in [-0.05, 0) is 24.1 Å². The van der Waals surface area contributed by atoms with Crippen molar-refractivity contribution in [1.82, 2.24) is 0 Å². The predicted octanol–water partition coefficient (Wildman–Crippen LogP) is 3.25. The number of alkyl halides is 1. The molecule has 0 aliphatic carbocycles. The van der Waals surface area contributed by atoms with Gasteiger partial charge >= 0.3 is 0 Å². The van der Waals surface area contributed by atoms with Crippen LogP contribution < -0.4 is 5.32 Å². The van der Waals surface area contributed by atoms with E-state index in [2.05, 4.69) is 24.4 Å². The summed E-state index contributed by atoms with van der Waals surface area (Å²) in [4.78, 5) is 0. The van der Waals surface area contributed by atoms with Crippen molar-refractivity contribution in [2.45, 2.75) is 19.2 Å². The molecule has 0 amide bonds. The summed E-state index contributed by atoms with van der Waals surface area (Å²) >= 11 is 5.71. The van der Waals surface area contributed by atoms with Gasteiger partial charge in [-0.1, -0.05) is 19.1 Å².